The van der Waals surface area contributed by atoms with Gasteiger partial charge in [0.05, 0.1) is 6.07 Å². The normalized spacial score (nSPS) is 11.5. The van der Waals surface area contributed by atoms with E-state index in [-0.39, 0.29) is 6.61 Å². The molecule has 0 radical (unpaired) electrons. The smallest absolute Gasteiger partial charge is 0.369 e. The first-order chi connectivity index (χ1) is 31.4. The maximum Gasteiger partial charge on any atom is 0.369 e. The molecule has 7 rings (SSSR count). The zero-order chi connectivity index (χ0) is 49.7. The SMILES string of the molecule is Fc1c(F)c(F)c([B-](c2c(F)c(F)c(F)c(F)c2F)(c2c(F)c(F)c(F)c(F)c2F)c2c(F)c(F)c(F)c(F)c2F)c(F)c1F.O=C(O)COc1ccc2ccccc2[n+]1Cc1ccccc1. The van der Waals surface area contributed by atoms with E-state index in [2.05, 4.69) is 0 Å². The average Bonchev–Trinajstić information content (AvgIpc) is 3.31. The van der Waals surface area contributed by atoms with Gasteiger partial charge in [-0.25, -0.2) is 92.6 Å². The van der Waals surface area contributed by atoms with Crippen molar-refractivity contribution in [3.8, 4) is 5.88 Å². The highest BCUT2D eigenvalue weighted by molar-refractivity contribution is 7.20. The molecular formula is C42H16BF20NO3. The summed E-state index contributed by atoms with van der Waals surface area (Å²) in [6, 6.07) is 21.7. The molecule has 1 aromatic heterocycles. The van der Waals surface area contributed by atoms with Gasteiger partial charge in [-0.3, -0.25) is 0 Å². The highest BCUT2D eigenvalue weighted by atomic mass is 19.2. The number of carbonyl (C=O) groups is 1. The van der Waals surface area contributed by atoms with E-state index in [1.807, 2.05) is 71.3 Å². The lowest BCUT2D eigenvalue weighted by atomic mass is 9.12. The van der Waals surface area contributed by atoms with Crippen molar-refractivity contribution < 1.29 is 107 Å². The third-order valence-corrected chi connectivity index (χ3v) is 10.1. The lowest BCUT2D eigenvalue weighted by Crippen LogP contribution is -2.81. The minimum absolute atomic E-state index is 0.354. The van der Waals surface area contributed by atoms with Gasteiger partial charge in [0.2, 0.25) is 5.52 Å². The molecule has 67 heavy (non-hydrogen) atoms. The Balaban J connectivity index is 0.000000279. The van der Waals surface area contributed by atoms with E-state index in [1.165, 1.54) is 0 Å². The van der Waals surface area contributed by atoms with Crippen molar-refractivity contribution in [1.82, 2.24) is 0 Å². The Morgan fingerprint density at radius 2 is 0.701 bits per heavy atom. The van der Waals surface area contributed by atoms with E-state index >= 15 is 35.1 Å². The number of rotatable bonds is 9. The number of hydrogen-bond acceptors (Lipinski definition) is 2. The Bertz CT molecular complexity index is 2770. The van der Waals surface area contributed by atoms with E-state index in [1.54, 1.807) is 0 Å². The molecule has 1 N–H and O–H groups in total. The minimum atomic E-state index is -7.22. The number of nitrogens with zero attached hydrogens (tertiary/aromatic N) is 1. The van der Waals surface area contributed by atoms with Crippen LogP contribution in [0.15, 0.2) is 66.7 Å². The molecule has 0 saturated carbocycles. The molecule has 0 aliphatic carbocycles. The van der Waals surface area contributed by atoms with Gasteiger partial charge in [0.15, 0.2) is 83.0 Å². The summed E-state index contributed by atoms with van der Waals surface area (Å²) in [7, 11) is 0. The van der Waals surface area contributed by atoms with Gasteiger partial charge in [-0.1, -0.05) is 42.5 Å². The van der Waals surface area contributed by atoms with Crippen molar-refractivity contribution in [2.45, 2.75) is 6.54 Å². The summed E-state index contributed by atoms with van der Waals surface area (Å²) in [6.45, 7) is 0.268. The van der Waals surface area contributed by atoms with Crippen LogP contribution in [-0.4, -0.2) is 23.8 Å². The second-order valence-corrected chi connectivity index (χ2v) is 13.8. The number of aromatic nitrogens is 1. The maximum absolute atomic E-state index is 15.4. The molecule has 1 heterocycles. The van der Waals surface area contributed by atoms with Crippen LogP contribution in [0.25, 0.3) is 10.9 Å². The van der Waals surface area contributed by atoms with Gasteiger partial charge in [0, 0.05) is 17.0 Å². The molecule has 0 amide bonds. The van der Waals surface area contributed by atoms with Gasteiger partial charge in [0.25, 0.3) is 0 Å². The molecule has 0 saturated heterocycles. The van der Waals surface area contributed by atoms with Gasteiger partial charge in [-0.05, 0) is 12.1 Å². The summed E-state index contributed by atoms with van der Waals surface area (Å²) in [6.07, 6.45) is -7.22. The van der Waals surface area contributed by atoms with Crippen LogP contribution in [0.3, 0.4) is 0 Å². The molecule has 0 unspecified atom stereocenters. The fourth-order valence-electron chi connectivity index (χ4n) is 7.31. The first kappa shape index (κ1) is 49.1. The van der Waals surface area contributed by atoms with Crippen LogP contribution >= 0.6 is 0 Å². The molecule has 0 fully saturated rings. The number of para-hydroxylation sites is 1. The molecule has 25 heteroatoms. The molecular weight excluding hydrogens is 957 g/mol. The number of carboxylic acid groups (broad SMARTS) is 1. The molecule has 0 bridgehead atoms. The number of halogens is 20. The van der Waals surface area contributed by atoms with E-state index in [0.29, 0.717) is 12.4 Å². The lowest BCUT2D eigenvalue weighted by Gasteiger charge is -2.44. The Morgan fingerprint density at radius 1 is 0.403 bits per heavy atom. The number of carboxylic acids is 1. The van der Waals surface area contributed by atoms with Gasteiger partial charge in [0.1, 0.15) is 52.7 Å². The lowest BCUT2D eigenvalue weighted by molar-refractivity contribution is -0.668. The third kappa shape index (κ3) is 7.98. The number of aliphatic carboxylic acids is 1. The number of benzene rings is 6. The predicted octanol–water partition coefficient (Wildman–Crippen LogP) is 8.49. The van der Waals surface area contributed by atoms with Crippen molar-refractivity contribution in [3.63, 3.8) is 0 Å². The van der Waals surface area contributed by atoms with Crippen LogP contribution in [0.2, 0.25) is 0 Å². The van der Waals surface area contributed by atoms with Gasteiger partial charge < -0.3 is 9.84 Å². The van der Waals surface area contributed by atoms with Crippen molar-refractivity contribution in [2.24, 2.45) is 0 Å². The second kappa shape index (κ2) is 18.5. The van der Waals surface area contributed by atoms with Crippen LogP contribution in [0, 0.1) is 116 Å². The fourth-order valence-corrected chi connectivity index (χ4v) is 7.31. The minimum Gasteiger partial charge on any atom is -0.479 e. The molecule has 350 valence electrons. The first-order valence-corrected chi connectivity index (χ1v) is 18.0. The highest BCUT2D eigenvalue weighted by Gasteiger charge is 2.52. The molecule has 7 aromatic rings. The maximum atomic E-state index is 15.4. The summed E-state index contributed by atoms with van der Waals surface area (Å²) in [5, 5.41) is 9.92. The Morgan fingerprint density at radius 3 is 1.03 bits per heavy atom. The van der Waals surface area contributed by atoms with Gasteiger partial charge in [-0.15, -0.1) is 21.9 Å². The summed E-state index contributed by atoms with van der Waals surface area (Å²) < 4.78 is 301. The third-order valence-electron chi connectivity index (χ3n) is 10.1. The van der Waals surface area contributed by atoms with Crippen LogP contribution in [0.5, 0.6) is 5.88 Å². The van der Waals surface area contributed by atoms with Crippen LogP contribution in [0.4, 0.5) is 87.8 Å². The van der Waals surface area contributed by atoms with Gasteiger partial charge >= 0.3 is 11.8 Å². The fraction of sp³-hybridized carbons (Fsp3) is 0.0476. The molecule has 4 nitrogen and oxygen atoms in total. The molecule has 0 aliphatic heterocycles. The van der Waals surface area contributed by atoms with Crippen molar-refractivity contribution in [2.75, 3.05) is 6.61 Å². The molecule has 0 atom stereocenters. The number of fused-ring (bicyclic) bond motifs is 1. The topological polar surface area (TPSA) is 50.4 Å². The standard InChI is InChI=1S/C24BF20.C18H15NO3/c26-5-1(6(27)14(35)21(42)13(5)34)25(2-7(28)15(36)22(43)16(37)8(2)29,3-9(30)17(38)23(44)18(39)10(3)31)4-11(32)19(40)24(45)20(41)12(4)33;20-18(21)13-22-17-11-10-15-8-4-5-9-16(15)19(17)12-14-6-2-1-3-7-14/h;1-11H,12-13H2/q-1;/p+1. The number of pyridine rings is 1. The average molecular weight is 973 g/mol. The molecule has 6 aromatic carbocycles. The number of hydrogen-bond donors (Lipinski definition) is 1. The zero-order valence-corrected chi connectivity index (χ0v) is 32.1. The van der Waals surface area contributed by atoms with Crippen molar-refractivity contribution in [3.05, 3.63) is 189 Å². The first-order valence-electron chi connectivity index (χ1n) is 18.0. The summed E-state index contributed by atoms with van der Waals surface area (Å²) in [5.74, 6) is -71.8. The zero-order valence-electron chi connectivity index (χ0n) is 32.1. The van der Waals surface area contributed by atoms with E-state index in [4.69, 9.17) is 9.84 Å². The predicted molar refractivity (Wildman–Crippen MR) is 192 cm³/mol. The van der Waals surface area contributed by atoms with E-state index in [0.717, 1.165) is 16.5 Å². The summed E-state index contributed by atoms with van der Waals surface area (Å²) in [5.41, 5.74) is -12.2. The summed E-state index contributed by atoms with van der Waals surface area (Å²) >= 11 is 0. The largest absolute Gasteiger partial charge is 0.479 e. The quantitative estimate of drug-likeness (QED) is 0.0520. The van der Waals surface area contributed by atoms with E-state index in [9.17, 15) is 57.5 Å². The molecule has 0 spiro atoms. The highest BCUT2D eigenvalue weighted by Crippen LogP contribution is 2.31. The monoisotopic (exact) mass is 973 g/mol. The van der Waals surface area contributed by atoms with E-state index < -0.39 is 150 Å². The molecule has 0 aliphatic rings. The van der Waals surface area contributed by atoms with Crippen LogP contribution in [0.1, 0.15) is 5.56 Å². The Hall–Kier alpha value is -7.34. The Kier molecular flexibility index (Phi) is 13.6. The van der Waals surface area contributed by atoms with Crippen molar-refractivity contribution in [1.29, 1.82) is 0 Å². The van der Waals surface area contributed by atoms with Crippen LogP contribution in [-0.2, 0) is 11.3 Å². The van der Waals surface area contributed by atoms with Crippen LogP contribution < -0.4 is 31.2 Å². The Labute approximate surface area is 359 Å². The van der Waals surface area contributed by atoms with Gasteiger partial charge in [-0.2, -0.15) is 4.57 Å². The number of ether oxygens (including phenoxy) is 1. The van der Waals surface area contributed by atoms with Crippen molar-refractivity contribution >= 4 is 44.9 Å². The second-order valence-electron chi connectivity index (χ2n) is 13.8. The summed E-state index contributed by atoms with van der Waals surface area (Å²) in [4.78, 5) is 10.8.